The molecule has 1 saturated heterocycles. The summed E-state index contributed by atoms with van der Waals surface area (Å²) in [7, 11) is 1.54. The lowest BCUT2D eigenvalue weighted by atomic mass is 9.83. The molecule has 38 heavy (non-hydrogen) atoms. The molecule has 4 aromatic heterocycles. The average molecular weight is 553 g/mol. The van der Waals surface area contributed by atoms with E-state index < -0.39 is 5.79 Å². The van der Waals surface area contributed by atoms with E-state index in [9.17, 15) is 4.79 Å². The number of nitrogens with zero attached hydrogens (tertiary/aromatic N) is 5. The van der Waals surface area contributed by atoms with Gasteiger partial charge in [-0.3, -0.25) is 15.1 Å². The number of aromatic nitrogens is 5. The van der Waals surface area contributed by atoms with Gasteiger partial charge >= 0.3 is 0 Å². The van der Waals surface area contributed by atoms with Gasteiger partial charge in [0.05, 0.1) is 44.0 Å². The Kier molecular flexibility index (Phi) is 6.68. The van der Waals surface area contributed by atoms with Gasteiger partial charge in [0.25, 0.3) is 5.91 Å². The molecule has 0 radical (unpaired) electrons. The minimum atomic E-state index is -0.411. The second-order valence-electron chi connectivity index (χ2n) is 9.36. The molecule has 1 spiro atoms. The van der Waals surface area contributed by atoms with Crippen LogP contribution in [0.1, 0.15) is 53.3 Å². The lowest BCUT2D eigenvalue weighted by molar-refractivity contribution is -0.178. The van der Waals surface area contributed by atoms with Crippen molar-refractivity contribution in [3.63, 3.8) is 0 Å². The number of ether oxygens (including phenoxy) is 3. The van der Waals surface area contributed by atoms with Crippen molar-refractivity contribution in [1.29, 1.82) is 0 Å². The maximum atomic E-state index is 13.4. The number of anilines is 1. The van der Waals surface area contributed by atoms with Crippen molar-refractivity contribution in [1.82, 2.24) is 24.9 Å². The molecule has 0 bridgehead atoms. The summed E-state index contributed by atoms with van der Waals surface area (Å²) in [5.41, 5.74) is 3.79. The van der Waals surface area contributed by atoms with E-state index in [1.165, 1.54) is 23.7 Å². The lowest BCUT2D eigenvalue weighted by Gasteiger charge is -2.34. The van der Waals surface area contributed by atoms with Crippen LogP contribution in [0, 0.1) is 6.92 Å². The molecule has 2 fully saturated rings. The van der Waals surface area contributed by atoms with E-state index in [0.29, 0.717) is 51.3 Å². The number of hydrogen-bond acceptors (Lipinski definition) is 10. The molecule has 6 rings (SSSR count). The van der Waals surface area contributed by atoms with E-state index in [2.05, 4.69) is 25.3 Å². The zero-order valence-corrected chi connectivity index (χ0v) is 22.4. The number of carbonyl (C=O) groups is 1. The van der Waals surface area contributed by atoms with Gasteiger partial charge in [0.15, 0.2) is 21.4 Å². The smallest absolute Gasteiger partial charge is 0.259 e. The molecule has 4 aromatic rings. The third kappa shape index (κ3) is 4.82. The number of amides is 1. The van der Waals surface area contributed by atoms with Gasteiger partial charge in [-0.25, -0.2) is 15.0 Å². The molecule has 0 atom stereocenters. The van der Waals surface area contributed by atoms with Gasteiger partial charge in [-0.1, -0.05) is 22.9 Å². The molecule has 12 heteroatoms. The first kappa shape index (κ1) is 25.1. The minimum absolute atomic E-state index is 0.286. The Morgan fingerprint density at radius 3 is 2.63 bits per heavy atom. The molecule has 5 heterocycles. The summed E-state index contributed by atoms with van der Waals surface area (Å²) >= 11 is 7.44. The van der Waals surface area contributed by atoms with E-state index in [1.807, 2.05) is 13.0 Å². The lowest BCUT2D eigenvalue weighted by Crippen LogP contribution is -2.34. The molecule has 0 aromatic carbocycles. The Hall–Kier alpha value is -3.25. The third-order valence-corrected chi connectivity index (χ3v) is 8.03. The number of halogens is 1. The molecule has 0 unspecified atom stereocenters. The molecule has 196 valence electrons. The second kappa shape index (κ2) is 10.1. The first-order valence-corrected chi connectivity index (χ1v) is 13.5. The number of thiazole rings is 1. The fourth-order valence-electron chi connectivity index (χ4n) is 5.04. The zero-order chi connectivity index (χ0) is 26.3. The maximum absolute atomic E-state index is 13.4. The highest BCUT2D eigenvalue weighted by atomic mass is 35.5. The molecule has 1 N–H and O–H groups in total. The van der Waals surface area contributed by atoms with Gasteiger partial charge in [-0.05, 0) is 31.9 Å². The van der Waals surface area contributed by atoms with Crippen molar-refractivity contribution in [2.45, 2.75) is 44.3 Å². The summed E-state index contributed by atoms with van der Waals surface area (Å²) in [6.45, 7) is 3.18. The molecule has 1 amide bonds. The molecular weight excluding hydrogens is 528 g/mol. The van der Waals surface area contributed by atoms with Crippen molar-refractivity contribution in [2.24, 2.45) is 0 Å². The molecule has 10 nitrogen and oxygen atoms in total. The van der Waals surface area contributed by atoms with Gasteiger partial charge in [0, 0.05) is 41.8 Å². The van der Waals surface area contributed by atoms with Crippen LogP contribution in [0.5, 0.6) is 5.75 Å². The van der Waals surface area contributed by atoms with Gasteiger partial charge in [0.2, 0.25) is 0 Å². The number of methoxy groups -OCH3 is 1. The van der Waals surface area contributed by atoms with Gasteiger partial charge in [-0.2, -0.15) is 4.98 Å². The van der Waals surface area contributed by atoms with Crippen LogP contribution in [0.25, 0.3) is 21.6 Å². The van der Waals surface area contributed by atoms with Crippen LogP contribution in [-0.2, 0) is 9.47 Å². The highest BCUT2D eigenvalue weighted by Crippen LogP contribution is 2.42. The normalized spacial score (nSPS) is 17.2. The third-order valence-electron chi connectivity index (χ3n) is 6.97. The van der Waals surface area contributed by atoms with Crippen molar-refractivity contribution < 1.29 is 19.0 Å². The molecular formula is C26H25ClN6O4S. The standard InChI is InChI=1S/C26H25ClN6O4S/c1-14-9-16(17-10-21(27)29-13-20(17)35-2)18(11-28-14)23(34)33-25-32-22-24(38-25)31-19(12-30-22)15-3-5-26(6-4-15)36-7-8-37-26/h9-13,15H,3-8H2,1-2H3,(H,30,32,33,34). The summed E-state index contributed by atoms with van der Waals surface area (Å²) in [6.07, 6.45) is 8.39. The van der Waals surface area contributed by atoms with E-state index in [1.54, 1.807) is 19.4 Å². The number of rotatable bonds is 5. The topological polar surface area (TPSA) is 121 Å². The van der Waals surface area contributed by atoms with Gasteiger partial charge in [-0.15, -0.1) is 0 Å². The van der Waals surface area contributed by atoms with E-state index >= 15 is 0 Å². The number of aryl methyl sites for hydroxylation is 1. The van der Waals surface area contributed by atoms with E-state index in [4.69, 9.17) is 30.8 Å². The predicted molar refractivity (Wildman–Crippen MR) is 143 cm³/mol. The Morgan fingerprint density at radius 1 is 1.08 bits per heavy atom. The van der Waals surface area contributed by atoms with Gasteiger partial charge in [0.1, 0.15) is 10.9 Å². The number of nitrogens with one attached hydrogen (secondary N) is 1. The Balaban J connectivity index is 1.24. The highest BCUT2D eigenvalue weighted by Gasteiger charge is 2.41. The quantitative estimate of drug-likeness (QED) is 0.334. The highest BCUT2D eigenvalue weighted by molar-refractivity contribution is 7.21. The van der Waals surface area contributed by atoms with Crippen LogP contribution < -0.4 is 10.1 Å². The van der Waals surface area contributed by atoms with Gasteiger partial charge < -0.3 is 14.2 Å². The van der Waals surface area contributed by atoms with Crippen LogP contribution in [-0.4, -0.2) is 56.9 Å². The van der Waals surface area contributed by atoms with Crippen LogP contribution in [0.4, 0.5) is 5.13 Å². The van der Waals surface area contributed by atoms with Crippen molar-refractivity contribution >= 4 is 44.5 Å². The fourth-order valence-corrected chi connectivity index (χ4v) is 6.00. The predicted octanol–water partition coefficient (Wildman–Crippen LogP) is 5.17. The summed E-state index contributed by atoms with van der Waals surface area (Å²) in [6, 6.07) is 3.48. The Labute approximate surface area is 227 Å². The number of fused-ring (bicyclic) bond motifs is 1. The number of pyridine rings is 2. The van der Waals surface area contributed by atoms with Crippen LogP contribution in [0.3, 0.4) is 0 Å². The first-order chi connectivity index (χ1) is 18.4. The Morgan fingerprint density at radius 2 is 1.87 bits per heavy atom. The largest absolute Gasteiger partial charge is 0.494 e. The summed E-state index contributed by atoms with van der Waals surface area (Å²) in [5, 5.41) is 3.58. The maximum Gasteiger partial charge on any atom is 0.259 e. The zero-order valence-electron chi connectivity index (χ0n) is 20.9. The van der Waals surface area contributed by atoms with Crippen molar-refractivity contribution in [3.05, 3.63) is 52.8 Å². The van der Waals surface area contributed by atoms with E-state index in [0.717, 1.165) is 37.1 Å². The SMILES string of the molecule is COc1cnc(Cl)cc1-c1cc(C)ncc1C(=O)Nc1nc2ncc(C3CCC4(CC3)OCCO4)nc2s1. The number of hydrogen-bond donors (Lipinski definition) is 1. The number of carbonyl (C=O) groups excluding carboxylic acids is 1. The first-order valence-electron chi connectivity index (χ1n) is 12.3. The molecule has 1 aliphatic carbocycles. The van der Waals surface area contributed by atoms with E-state index in [-0.39, 0.29) is 17.0 Å². The minimum Gasteiger partial charge on any atom is -0.494 e. The second-order valence-corrected chi connectivity index (χ2v) is 10.7. The van der Waals surface area contributed by atoms with Crippen LogP contribution in [0.15, 0.2) is 30.7 Å². The van der Waals surface area contributed by atoms with Crippen molar-refractivity contribution in [3.8, 4) is 16.9 Å². The average Bonchev–Trinajstić information content (AvgIpc) is 3.55. The summed E-state index contributed by atoms with van der Waals surface area (Å²) < 4.78 is 17.2. The van der Waals surface area contributed by atoms with Crippen LogP contribution in [0.2, 0.25) is 5.15 Å². The summed E-state index contributed by atoms with van der Waals surface area (Å²) in [4.78, 5) is 36.3. The fraction of sp³-hybridized carbons (Fsp3) is 0.385. The monoisotopic (exact) mass is 552 g/mol. The summed E-state index contributed by atoms with van der Waals surface area (Å²) in [5.74, 6) is 0.00466. The molecule has 2 aliphatic rings. The van der Waals surface area contributed by atoms with Crippen LogP contribution >= 0.6 is 22.9 Å². The molecule has 1 aliphatic heterocycles. The Bertz CT molecular complexity index is 1510. The molecule has 1 saturated carbocycles. The van der Waals surface area contributed by atoms with Crippen molar-refractivity contribution in [2.75, 3.05) is 25.6 Å².